The Kier molecular flexibility index (Phi) is 3.67. The fourth-order valence-corrected chi connectivity index (χ4v) is 2.75. The normalized spacial score (nSPS) is 19.8. The molecule has 124 valence electrons. The number of carboxylic acids is 1. The number of hydrogen-bond donors (Lipinski definition) is 1. The van der Waals surface area contributed by atoms with Crippen LogP contribution in [0.15, 0.2) is 36.9 Å². The van der Waals surface area contributed by atoms with Gasteiger partial charge in [0.15, 0.2) is 11.9 Å². The van der Waals surface area contributed by atoms with Crippen LogP contribution in [0.2, 0.25) is 0 Å². The lowest BCUT2D eigenvalue weighted by atomic mass is 9.90. The molecule has 3 rings (SSSR count). The Morgan fingerprint density at radius 2 is 1.92 bits per heavy atom. The van der Waals surface area contributed by atoms with E-state index in [9.17, 15) is 14.4 Å². The zero-order valence-corrected chi connectivity index (χ0v) is 13.2. The molecule has 1 aliphatic heterocycles. The maximum absolute atomic E-state index is 12.8. The Balaban J connectivity index is 2.01. The highest BCUT2D eigenvalue weighted by Gasteiger charge is 2.55. The van der Waals surface area contributed by atoms with Crippen LogP contribution in [-0.2, 0) is 20.8 Å². The molecule has 24 heavy (non-hydrogen) atoms. The molecule has 1 saturated heterocycles. The van der Waals surface area contributed by atoms with Crippen molar-refractivity contribution >= 4 is 23.3 Å². The van der Waals surface area contributed by atoms with Crippen molar-refractivity contribution in [3.63, 3.8) is 0 Å². The van der Waals surface area contributed by atoms with E-state index in [0.29, 0.717) is 11.3 Å². The lowest BCUT2D eigenvalue weighted by Crippen LogP contribution is -2.34. The minimum Gasteiger partial charge on any atom is -0.481 e. The van der Waals surface area contributed by atoms with Gasteiger partial charge in [-0.3, -0.25) is 19.3 Å². The number of amides is 1. The summed E-state index contributed by atoms with van der Waals surface area (Å²) in [7, 11) is 0. The van der Waals surface area contributed by atoms with Crippen LogP contribution in [-0.4, -0.2) is 37.5 Å². The van der Waals surface area contributed by atoms with E-state index in [0.717, 1.165) is 0 Å². The fraction of sp³-hybridized carbons (Fsp3) is 0.312. The second kappa shape index (κ2) is 5.55. The van der Waals surface area contributed by atoms with Crippen LogP contribution >= 0.6 is 0 Å². The molecular weight excluding hydrogens is 312 g/mol. The minimum atomic E-state index is -1.17. The summed E-state index contributed by atoms with van der Waals surface area (Å²) in [5.74, 6) is -1.54. The summed E-state index contributed by atoms with van der Waals surface area (Å²) >= 11 is 0. The van der Waals surface area contributed by atoms with E-state index in [2.05, 4.69) is 10.1 Å². The van der Waals surface area contributed by atoms with E-state index < -0.39 is 17.6 Å². The third-order valence-corrected chi connectivity index (χ3v) is 4.11. The second-order valence-corrected chi connectivity index (χ2v) is 6.15. The standard InChI is InChI=1S/C16H16N4O4/c1-16(2)13(23)14(19-9-17-8-18-19)20(15(16)24)11-5-3-10(4-6-11)7-12(21)22/h3-6,8-9,14H,7H2,1-2H3,(H,21,22). The van der Waals surface area contributed by atoms with Crippen LogP contribution in [0.1, 0.15) is 25.6 Å². The Labute approximate surface area is 137 Å². The maximum Gasteiger partial charge on any atom is 0.307 e. The third kappa shape index (κ3) is 2.45. The Morgan fingerprint density at radius 3 is 2.46 bits per heavy atom. The van der Waals surface area contributed by atoms with Crippen LogP contribution in [0.3, 0.4) is 0 Å². The molecule has 0 spiro atoms. The number of aliphatic carboxylic acids is 1. The van der Waals surface area contributed by atoms with Gasteiger partial charge in [-0.1, -0.05) is 12.1 Å². The summed E-state index contributed by atoms with van der Waals surface area (Å²) in [5, 5.41) is 12.8. The molecule has 2 aromatic rings. The molecular formula is C16H16N4O4. The van der Waals surface area contributed by atoms with Gasteiger partial charge < -0.3 is 5.11 Å². The first-order chi connectivity index (χ1) is 11.3. The number of rotatable bonds is 4. The molecule has 1 fully saturated rings. The monoisotopic (exact) mass is 328 g/mol. The van der Waals surface area contributed by atoms with Gasteiger partial charge in [0, 0.05) is 5.69 Å². The van der Waals surface area contributed by atoms with Gasteiger partial charge in [-0.05, 0) is 31.5 Å². The molecule has 1 amide bonds. The van der Waals surface area contributed by atoms with E-state index in [1.165, 1.54) is 22.2 Å². The molecule has 8 heteroatoms. The molecule has 1 atom stereocenters. The van der Waals surface area contributed by atoms with E-state index in [1.54, 1.807) is 38.1 Å². The largest absolute Gasteiger partial charge is 0.481 e. The van der Waals surface area contributed by atoms with Gasteiger partial charge in [0.1, 0.15) is 18.1 Å². The van der Waals surface area contributed by atoms with E-state index in [-0.39, 0.29) is 18.1 Å². The van der Waals surface area contributed by atoms with Crippen molar-refractivity contribution in [3.05, 3.63) is 42.5 Å². The topological polar surface area (TPSA) is 105 Å². The van der Waals surface area contributed by atoms with Crippen LogP contribution in [0.4, 0.5) is 5.69 Å². The average Bonchev–Trinajstić information content (AvgIpc) is 3.10. The summed E-state index contributed by atoms with van der Waals surface area (Å²) in [6.07, 6.45) is 1.69. The molecule has 0 radical (unpaired) electrons. The first-order valence-electron chi connectivity index (χ1n) is 7.35. The van der Waals surface area contributed by atoms with Crippen molar-refractivity contribution < 1.29 is 19.5 Å². The molecule has 1 aliphatic rings. The van der Waals surface area contributed by atoms with Crippen molar-refractivity contribution in [1.82, 2.24) is 14.8 Å². The molecule has 1 aromatic carbocycles. The smallest absolute Gasteiger partial charge is 0.307 e. The average molecular weight is 328 g/mol. The van der Waals surface area contributed by atoms with Gasteiger partial charge in [-0.2, -0.15) is 5.10 Å². The predicted molar refractivity (Wildman–Crippen MR) is 83.1 cm³/mol. The van der Waals surface area contributed by atoms with Gasteiger partial charge in [-0.15, -0.1) is 0 Å². The van der Waals surface area contributed by atoms with Gasteiger partial charge in [0.2, 0.25) is 5.91 Å². The number of anilines is 1. The number of carbonyl (C=O) groups is 3. The zero-order valence-electron chi connectivity index (χ0n) is 13.2. The lowest BCUT2D eigenvalue weighted by molar-refractivity contribution is -0.136. The minimum absolute atomic E-state index is 0.106. The van der Waals surface area contributed by atoms with Crippen LogP contribution < -0.4 is 4.90 Å². The van der Waals surface area contributed by atoms with Crippen molar-refractivity contribution in [3.8, 4) is 0 Å². The van der Waals surface area contributed by atoms with Gasteiger partial charge in [-0.25, -0.2) is 9.67 Å². The highest BCUT2D eigenvalue weighted by Crippen LogP contribution is 2.40. The van der Waals surface area contributed by atoms with Crippen molar-refractivity contribution in [2.75, 3.05) is 4.90 Å². The first-order valence-corrected chi connectivity index (χ1v) is 7.35. The summed E-state index contributed by atoms with van der Waals surface area (Å²) in [6.45, 7) is 3.17. The summed E-state index contributed by atoms with van der Waals surface area (Å²) in [5.41, 5.74) is -0.0505. The number of Topliss-reactive ketones (excluding diaryl/α,β-unsaturated/α-hetero) is 1. The number of carbonyl (C=O) groups excluding carboxylic acids is 2. The maximum atomic E-state index is 12.8. The molecule has 1 N–H and O–H groups in total. The van der Waals surface area contributed by atoms with Crippen LogP contribution in [0.25, 0.3) is 0 Å². The lowest BCUT2D eigenvalue weighted by Gasteiger charge is -2.23. The molecule has 0 bridgehead atoms. The number of nitrogens with zero attached hydrogens (tertiary/aromatic N) is 4. The molecule has 1 unspecified atom stereocenters. The highest BCUT2D eigenvalue weighted by molar-refractivity contribution is 6.21. The van der Waals surface area contributed by atoms with E-state index >= 15 is 0 Å². The molecule has 8 nitrogen and oxygen atoms in total. The third-order valence-electron chi connectivity index (χ3n) is 4.11. The predicted octanol–water partition coefficient (Wildman–Crippen LogP) is 1.05. The van der Waals surface area contributed by atoms with Crippen LogP contribution in [0.5, 0.6) is 0 Å². The van der Waals surface area contributed by atoms with Crippen molar-refractivity contribution in [1.29, 1.82) is 0 Å². The van der Waals surface area contributed by atoms with Gasteiger partial charge in [0.05, 0.1) is 6.42 Å². The Morgan fingerprint density at radius 1 is 1.25 bits per heavy atom. The SMILES string of the molecule is CC1(C)C(=O)C(n2cncn2)N(c2ccc(CC(=O)O)cc2)C1=O. The van der Waals surface area contributed by atoms with Gasteiger partial charge in [0.25, 0.3) is 0 Å². The molecule has 0 saturated carbocycles. The Bertz CT molecular complexity index is 796. The summed E-state index contributed by atoms with van der Waals surface area (Å²) in [4.78, 5) is 41.5. The van der Waals surface area contributed by atoms with Crippen molar-refractivity contribution in [2.45, 2.75) is 26.4 Å². The number of hydrogen-bond acceptors (Lipinski definition) is 5. The van der Waals surface area contributed by atoms with Crippen LogP contribution in [0, 0.1) is 5.41 Å². The quantitative estimate of drug-likeness (QED) is 0.841. The zero-order chi connectivity index (χ0) is 17.5. The van der Waals surface area contributed by atoms with Crippen molar-refractivity contribution in [2.24, 2.45) is 5.41 Å². The first kappa shape index (κ1) is 15.9. The molecule has 2 heterocycles. The fourth-order valence-electron chi connectivity index (χ4n) is 2.75. The number of ketones is 1. The Hall–Kier alpha value is -3.03. The molecule has 0 aliphatic carbocycles. The second-order valence-electron chi connectivity index (χ2n) is 6.15. The summed E-state index contributed by atoms with van der Waals surface area (Å²) in [6, 6.07) is 6.53. The summed E-state index contributed by atoms with van der Waals surface area (Å²) < 4.78 is 1.35. The van der Waals surface area contributed by atoms with E-state index in [1.807, 2.05) is 0 Å². The number of carboxylic acid groups (broad SMARTS) is 1. The molecule has 1 aromatic heterocycles. The van der Waals surface area contributed by atoms with E-state index in [4.69, 9.17) is 5.11 Å². The number of benzene rings is 1. The number of aromatic nitrogens is 3. The van der Waals surface area contributed by atoms with Gasteiger partial charge >= 0.3 is 5.97 Å². The highest BCUT2D eigenvalue weighted by atomic mass is 16.4.